The van der Waals surface area contributed by atoms with Gasteiger partial charge in [-0.05, 0) is 34.5 Å². The lowest BCUT2D eigenvalue weighted by atomic mass is 9.98. The minimum Gasteiger partial charge on any atom is -0.493 e. The van der Waals surface area contributed by atoms with E-state index in [1.807, 2.05) is 13.0 Å². The summed E-state index contributed by atoms with van der Waals surface area (Å²) in [6, 6.07) is 1.85. The second-order valence-electron chi connectivity index (χ2n) is 3.68. The first-order valence-electron chi connectivity index (χ1n) is 5.20. The molecule has 0 fully saturated rings. The van der Waals surface area contributed by atoms with E-state index in [1.54, 1.807) is 7.11 Å². The number of benzene rings is 1. The van der Waals surface area contributed by atoms with E-state index >= 15 is 0 Å². The van der Waals surface area contributed by atoms with Crippen molar-refractivity contribution in [3.8, 4) is 11.5 Å². The van der Waals surface area contributed by atoms with Gasteiger partial charge in [0.2, 0.25) is 0 Å². The predicted octanol–water partition coefficient (Wildman–Crippen LogP) is 2.34. The Morgan fingerprint density at radius 2 is 2.00 bits per heavy atom. The van der Waals surface area contributed by atoms with Gasteiger partial charge in [-0.1, -0.05) is 6.92 Å². The molecule has 2 N–H and O–H groups in total. The number of ether oxygens (including phenoxy) is 2. The van der Waals surface area contributed by atoms with Crippen molar-refractivity contribution >= 4 is 22.2 Å². The van der Waals surface area contributed by atoms with Gasteiger partial charge in [0, 0.05) is 10.0 Å². The zero-order valence-corrected chi connectivity index (χ0v) is 11.7. The molecule has 0 saturated heterocycles. The first-order chi connectivity index (χ1) is 8.10. The van der Waals surface area contributed by atoms with Gasteiger partial charge < -0.3 is 15.2 Å². The number of aldehydes is 1. The van der Waals surface area contributed by atoms with E-state index in [4.69, 9.17) is 15.2 Å². The highest BCUT2D eigenvalue weighted by atomic mass is 79.9. The van der Waals surface area contributed by atoms with E-state index in [1.165, 1.54) is 7.11 Å². The first-order valence-corrected chi connectivity index (χ1v) is 5.99. The number of hydrogen-bond donors (Lipinski definition) is 1. The van der Waals surface area contributed by atoms with Crippen LogP contribution in [0.3, 0.4) is 0 Å². The molecule has 1 atom stereocenters. The summed E-state index contributed by atoms with van der Waals surface area (Å²) in [5.41, 5.74) is 7.02. The molecule has 0 bridgehead atoms. The topological polar surface area (TPSA) is 61.5 Å². The van der Waals surface area contributed by atoms with Crippen molar-refractivity contribution < 1.29 is 14.3 Å². The van der Waals surface area contributed by atoms with Crippen molar-refractivity contribution in [2.45, 2.75) is 12.8 Å². The van der Waals surface area contributed by atoms with Gasteiger partial charge in [0.1, 0.15) is 0 Å². The molecule has 1 aromatic rings. The number of hydrogen-bond acceptors (Lipinski definition) is 4. The number of carbonyl (C=O) groups is 1. The van der Waals surface area contributed by atoms with Crippen LogP contribution in [0.25, 0.3) is 0 Å². The largest absolute Gasteiger partial charge is 0.493 e. The maximum Gasteiger partial charge on any atom is 0.172 e. The van der Waals surface area contributed by atoms with Crippen molar-refractivity contribution in [1.29, 1.82) is 0 Å². The fraction of sp³-hybridized carbons (Fsp3) is 0.417. The van der Waals surface area contributed by atoms with E-state index in [2.05, 4.69) is 15.9 Å². The minimum absolute atomic E-state index is 0.121. The van der Waals surface area contributed by atoms with E-state index < -0.39 is 0 Å². The maximum absolute atomic E-state index is 11.0. The molecule has 17 heavy (non-hydrogen) atoms. The average molecular weight is 302 g/mol. The van der Waals surface area contributed by atoms with E-state index in [0.29, 0.717) is 28.1 Å². The van der Waals surface area contributed by atoms with Crippen LogP contribution < -0.4 is 15.2 Å². The van der Waals surface area contributed by atoms with Gasteiger partial charge in [-0.15, -0.1) is 0 Å². The molecule has 94 valence electrons. The highest BCUT2D eigenvalue weighted by molar-refractivity contribution is 9.10. The number of carbonyl (C=O) groups excluding carboxylic acids is 1. The Hall–Kier alpha value is -1.07. The third-order valence-corrected chi connectivity index (χ3v) is 3.32. The Labute approximate surface area is 109 Å². The fourth-order valence-corrected chi connectivity index (χ4v) is 2.18. The van der Waals surface area contributed by atoms with Crippen LogP contribution in [-0.2, 0) is 0 Å². The van der Waals surface area contributed by atoms with Crippen LogP contribution in [0.15, 0.2) is 10.5 Å². The Bertz CT molecular complexity index is 421. The van der Waals surface area contributed by atoms with Gasteiger partial charge >= 0.3 is 0 Å². The summed E-state index contributed by atoms with van der Waals surface area (Å²) in [6.07, 6.45) is 0.738. The fourth-order valence-electron chi connectivity index (χ4n) is 1.66. The summed E-state index contributed by atoms with van der Waals surface area (Å²) in [4.78, 5) is 11.0. The zero-order chi connectivity index (χ0) is 13.0. The van der Waals surface area contributed by atoms with Crippen molar-refractivity contribution in [1.82, 2.24) is 0 Å². The molecule has 5 heteroatoms. The van der Waals surface area contributed by atoms with Gasteiger partial charge in [0.15, 0.2) is 17.8 Å². The lowest BCUT2D eigenvalue weighted by Gasteiger charge is -2.19. The molecule has 4 nitrogen and oxygen atoms in total. The molecule has 0 aromatic heterocycles. The van der Waals surface area contributed by atoms with Gasteiger partial charge in [-0.3, -0.25) is 4.79 Å². The lowest BCUT2D eigenvalue weighted by Crippen LogP contribution is -2.11. The quantitative estimate of drug-likeness (QED) is 0.848. The molecule has 1 aromatic carbocycles. The van der Waals surface area contributed by atoms with E-state index in [9.17, 15) is 4.79 Å². The average Bonchev–Trinajstić information content (AvgIpc) is 2.36. The van der Waals surface area contributed by atoms with Crippen molar-refractivity contribution in [2.24, 2.45) is 5.73 Å². The molecule has 0 amide bonds. The lowest BCUT2D eigenvalue weighted by molar-refractivity contribution is 0.111. The zero-order valence-electron chi connectivity index (χ0n) is 10.1. The Kier molecular flexibility index (Phi) is 4.96. The Morgan fingerprint density at radius 1 is 1.41 bits per heavy atom. The van der Waals surface area contributed by atoms with Crippen LogP contribution in [0.1, 0.15) is 28.8 Å². The van der Waals surface area contributed by atoms with Gasteiger partial charge in [-0.2, -0.15) is 0 Å². The summed E-state index contributed by atoms with van der Waals surface area (Å²) in [7, 11) is 3.06. The van der Waals surface area contributed by atoms with Crippen molar-refractivity contribution in [2.75, 3.05) is 20.8 Å². The van der Waals surface area contributed by atoms with Crippen LogP contribution >= 0.6 is 15.9 Å². The Balaban J connectivity index is 3.52. The van der Waals surface area contributed by atoms with Crippen molar-refractivity contribution in [3.63, 3.8) is 0 Å². The van der Waals surface area contributed by atoms with Crippen LogP contribution in [-0.4, -0.2) is 27.1 Å². The number of nitrogens with two attached hydrogens (primary N) is 1. The molecule has 0 aliphatic rings. The molecule has 0 aliphatic carbocycles. The molecule has 0 spiro atoms. The van der Waals surface area contributed by atoms with Gasteiger partial charge in [0.05, 0.1) is 19.8 Å². The summed E-state index contributed by atoms with van der Waals surface area (Å²) in [5.74, 6) is 1.12. The molecule has 0 radical (unpaired) electrons. The van der Waals surface area contributed by atoms with Crippen LogP contribution in [0, 0.1) is 0 Å². The number of methoxy groups -OCH3 is 2. The Morgan fingerprint density at radius 3 is 2.41 bits per heavy atom. The van der Waals surface area contributed by atoms with E-state index in [-0.39, 0.29) is 5.92 Å². The first kappa shape index (κ1) is 14.0. The highest BCUT2D eigenvalue weighted by Gasteiger charge is 2.21. The summed E-state index contributed by atoms with van der Waals surface area (Å²) in [5, 5.41) is 0. The molecule has 0 aliphatic heterocycles. The molecule has 1 unspecified atom stereocenters. The minimum atomic E-state index is 0.121. The maximum atomic E-state index is 11.0. The van der Waals surface area contributed by atoms with Crippen LogP contribution in [0.5, 0.6) is 11.5 Å². The molecule has 0 saturated carbocycles. The summed E-state index contributed by atoms with van der Waals surface area (Å²) < 4.78 is 11.3. The van der Waals surface area contributed by atoms with Gasteiger partial charge in [-0.25, -0.2) is 0 Å². The third-order valence-electron chi connectivity index (χ3n) is 2.66. The smallest absolute Gasteiger partial charge is 0.172 e. The molecular formula is C12H16BrNO3. The molecular weight excluding hydrogens is 286 g/mol. The molecule has 0 heterocycles. The normalized spacial score (nSPS) is 12.1. The monoisotopic (exact) mass is 301 g/mol. The summed E-state index contributed by atoms with van der Waals surface area (Å²) >= 11 is 3.35. The summed E-state index contributed by atoms with van der Waals surface area (Å²) in [6.45, 7) is 2.48. The second kappa shape index (κ2) is 6.02. The van der Waals surface area contributed by atoms with Gasteiger partial charge in [0.25, 0.3) is 0 Å². The number of rotatable bonds is 5. The SMILES string of the molecule is COc1c(C(C)CN)cc(Br)c(C=O)c1OC. The second-order valence-corrected chi connectivity index (χ2v) is 4.54. The predicted molar refractivity (Wildman–Crippen MR) is 70.1 cm³/mol. The van der Waals surface area contributed by atoms with Crippen LogP contribution in [0.2, 0.25) is 0 Å². The van der Waals surface area contributed by atoms with Crippen LogP contribution in [0.4, 0.5) is 0 Å². The van der Waals surface area contributed by atoms with E-state index in [0.717, 1.165) is 11.8 Å². The standard InChI is InChI=1S/C12H16BrNO3/c1-7(5-14)8-4-10(13)9(6-15)12(17-3)11(8)16-2/h4,6-7H,5,14H2,1-3H3. The third kappa shape index (κ3) is 2.61. The highest BCUT2D eigenvalue weighted by Crippen LogP contribution is 2.41. The van der Waals surface area contributed by atoms with Crippen molar-refractivity contribution in [3.05, 3.63) is 21.7 Å². The number of halogens is 1. The molecule has 1 rings (SSSR count).